The van der Waals surface area contributed by atoms with Gasteiger partial charge in [-0.1, -0.05) is 17.7 Å². The SMILES string of the molecule is O=C(CCc1nnc(-c2ccsc2)o1)OCc1ccc(Cl)nc1. The highest BCUT2D eigenvalue weighted by Gasteiger charge is 2.11. The minimum Gasteiger partial charge on any atom is -0.461 e. The molecule has 6 nitrogen and oxygen atoms in total. The predicted octanol–water partition coefficient (Wildman–Crippen LogP) is 3.52. The van der Waals surface area contributed by atoms with Gasteiger partial charge >= 0.3 is 5.97 Å². The van der Waals surface area contributed by atoms with Crippen molar-refractivity contribution in [3.8, 4) is 11.5 Å². The van der Waals surface area contributed by atoms with Crippen molar-refractivity contribution in [2.45, 2.75) is 19.4 Å². The molecule has 3 aromatic heterocycles. The molecule has 0 saturated heterocycles. The molecule has 8 heteroatoms. The lowest BCUT2D eigenvalue weighted by molar-refractivity contribution is -0.145. The van der Waals surface area contributed by atoms with Crippen LogP contribution in [0.1, 0.15) is 17.9 Å². The van der Waals surface area contributed by atoms with E-state index in [1.165, 1.54) is 0 Å². The smallest absolute Gasteiger partial charge is 0.306 e. The van der Waals surface area contributed by atoms with E-state index >= 15 is 0 Å². The van der Waals surface area contributed by atoms with Crippen molar-refractivity contribution < 1.29 is 13.9 Å². The summed E-state index contributed by atoms with van der Waals surface area (Å²) < 4.78 is 10.7. The Kier molecular flexibility index (Phi) is 4.99. The second-order valence-corrected chi connectivity index (χ2v) is 5.83. The van der Waals surface area contributed by atoms with E-state index in [1.807, 2.05) is 16.8 Å². The molecule has 0 amide bonds. The first-order valence-electron chi connectivity index (χ1n) is 6.82. The zero-order valence-corrected chi connectivity index (χ0v) is 13.5. The highest BCUT2D eigenvalue weighted by molar-refractivity contribution is 7.08. The summed E-state index contributed by atoms with van der Waals surface area (Å²) in [6.07, 6.45) is 2.09. The van der Waals surface area contributed by atoms with E-state index in [9.17, 15) is 4.79 Å². The first kappa shape index (κ1) is 15.6. The minimum absolute atomic E-state index is 0.160. The molecule has 0 aromatic carbocycles. The molecule has 3 aromatic rings. The lowest BCUT2D eigenvalue weighted by Gasteiger charge is -2.03. The Morgan fingerprint density at radius 1 is 1.30 bits per heavy atom. The molecule has 3 rings (SSSR count). The van der Waals surface area contributed by atoms with Crippen LogP contribution in [0.15, 0.2) is 39.6 Å². The standard InChI is InChI=1S/C15H12ClN3O3S/c16-12-2-1-10(7-17-12)8-21-14(20)4-3-13-18-19-15(22-13)11-5-6-23-9-11/h1-2,5-7,9H,3-4,8H2. The number of aromatic nitrogens is 3. The lowest BCUT2D eigenvalue weighted by atomic mass is 10.3. The Hall–Kier alpha value is -2.25. The van der Waals surface area contributed by atoms with Crippen LogP contribution in [0, 0.1) is 0 Å². The largest absolute Gasteiger partial charge is 0.461 e. The van der Waals surface area contributed by atoms with Crippen molar-refractivity contribution >= 4 is 28.9 Å². The van der Waals surface area contributed by atoms with Gasteiger partial charge in [0, 0.05) is 29.1 Å². The van der Waals surface area contributed by atoms with Crippen LogP contribution in [-0.2, 0) is 22.6 Å². The number of hydrogen-bond acceptors (Lipinski definition) is 7. The Balaban J connectivity index is 1.46. The van der Waals surface area contributed by atoms with Crippen LogP contribution in [0.4, 0.5) is 0 Å². The van der Waals surface area contributed by atoms with Crippen LogP contribution in [-0.4, -0.2) is 21.2 Å². The molecular formula is C15H12ClN3O3S. The molecular weight excluding hydrogens is 338 g/mol. The quantitative estimate of drug-likeness (QED) is 0.500. The number of hydrogen-bond donors (Lipinski definition) is 0. The number of esters is 1. The predicted molar refractivity (Wildman–Crippen MR) is 85.0 cm³/mol. The van der Waals surface area contributed by atoms with E-state index in [0.29, 0.717) is 23.4 Å². The second kappa shape index (κ2) is 7.34. The molecule has 0 bridgehead atoms. The average molecular weight is 350 g/mol. The van der Waals surface area contributed by atoms with Crippen LogP contribution in [0.3, 0.4) is 0 Å². The van der Waals surface area contributed by atoms with Crippen molar-refractivity contribution in [3.63, 3.8) is 0 Å². The topological polar surface area (TPSA) is 78.1 Å². The Morgan fingerprint density at radius 2 is 2.22 bits per heavy atom. The maximum atomic E-state index is 11.7. The number of ether oxygens (including phenoxy) is 1. The normalized spacial score (nSPS) is 10.7. The van der Waals surface area contributed by atoms with E-state index in [2.05, 4.69) is 15.2 Å². The molecule has 0 aliphatic carbocycles. The molecule has 0 spiro atoms. The fraction of sp³-hybridized carbons (Fsp3) is 0.200. The zero-order chi connectivity index (χ0) is 16.1. The first-order valence-corrected chi connectivity index (χ1v) is 8.14. The van der Waals surface area contributed by atoms with Crippen molar-refractivity contribution in [1.82, 2.24) is 15.2 Å². The van der Waals surface area contributed by atoms with Gasteiger partial charge in [0.1, 0.15) is 11.8 Å². The number of halogens is 1. The van der Waals surface area contributed by atoms with E-state index in [-0.39, 0.29) is 19.0 Å². The van der Waals surface area contributed by atoms with Gasteiger partial charge in [0.25, 0.3) is 0 Å². The Bertz CT molecular complexity index is 772. The van der Waals surface area contributed by atoms with Crippen molar-refractivity contribution in [2.24, 2.45) is 0 Å². The van der Waals surface area contributed by atoms with Gasteiger partial charge < -0.3 is 9.15 Å². The van der Waals surface area contributed by atoms with Crippen molar-refractivity contribution in [2.75, 3.05) is 0 Å². The van der Waals surface area contributed by atoms with Crippen molar-refractivity contribution in [3.05, 3.63) is 51.8 Å². The van der Waals surface area contributed by atoms with Crippen LogP contribution in [0.2, 0.25) is 5.15 Å². The highest BCUT2D eigenvalue weighted by Crippen LogP contribution is 2.20. The van der Waals surface area contributed by atoms with Crippen LogP contribution >= 0.6 is 22.9 Å². The maximum Gasteiger partial charge on any atom is 0.306 e. The third-order valence-electron chi connectivity index (χ3n) is 2.97. The van der Waals surface area contributed by atoms with Crippen LogP contribution in [0.25, 0.3) is 11.5 Å². The summed E-state index contributed by atoms with van der Waals surface area (Å²) in [6.45, 7) is 0.160. The summed E-state index contributed by atoms with van der Waals surface area (Å²) in [5.41, 5.74) is 1.66. The summed E-state index contributed by atoms with van der Waals surface area (Å²) >= 11 is 7.24. The van der Waals surface area contributed by atoms with Gasteiger partial charge in [-0.25, -0.2) is 4.98 Å². The van der Waals surface area contributed by atoms with E-state index in [0.717, 1.165) is 11.1 Å². The zero-order valence-electron chi connectivity index (χ0n) is 11.9. The number of carbonyl (C=O) groups excluding carboxylic acids is 1. The fourth-order valence-corrected chi connectivity index (χ4v) is 2.54. The molecule has 23 heavy (non-hydrogen) atoms. The van der Waals surface area contributed by atoms with Gasteiger partial charge in [0.15, 0.2) is 0 Å². The van der Waals surface area contributed by atoms with Crippen LogP contribution < -0.4 is 0 Å². The first-order chi connectivity index (χ1) is 11.2. The summed E-state index contributed by atoms with van der Waals surface area (Å²) in [5.74, 6) is 0.536. The number of carbonyl (C=O) groups is 1. The summed E-state index contributed by atoms with van der Waals surface area (Å²) in [7, 11) is 0. The van der Waals surface area contributed by atoms with Gasteiger partial charge in [-0.05, 0) is 17.5 Å². The molecule has 0 atom stereocenters. The number of pyridine rings is 1. The van der Waals surface area contributed by atoms with Gasteiger partial charge in [0.05, 0.1) is 6.42 Å². The Labute approximate surface area is 141 Å². The van der Waals surface area contributed by atoms with Gasteiger partial charge in [-0.2, -0.15) is 11.3 Å². The van der Waals surface area contributed by atoms with Gasteiger partial charge in [-0.15, -0.1) is 10.2 Å². The monoisotopic (exact) mass is 349 g/mol. The third-order valence-corrected chi connectivity index (χ3v) is 3.87. The molecule has 118 valence electrons. The minimum atomic E-state index is -0.338. The molecule has 0 N–H and O–H groups in total. The molecule has 0 fully saturated rings. The number of rotatable bonds is 6. The molecule has 0 unspecified atom stereocenters. The second-order valence-electron chi connectivity index (χ2n) is 4.66. The third kappa shape index (κ3) is 4.37. The summed E-state index contributed by atoms with van der Waals surface area (Å²) in [5, 5.41) is 12.1. The number of thiophene rings is 1. The number of aryl methyl sites for hydroxylation is 1. The Morgan fingerprint density at radius 3 is 2.96 bits per heavy atom. The average Bonchev–Trinajstić information content (AvgIpc) is 3.23. The number of nitrogens with zero attached hydrogens (tertiary/aromatic N) is 3. The van der Waals surface area contributed by atoms with Crippen molar-refractivity contribution in [1.29, 1.82) is 0 Å². The molecule has 0 aliphatic rings. The molecule has 3 heterocycles. The van der Waals surface area contributed by atoms with Gasteiger partial charge in [-0.3, -0.25) is 4.79 Å². The maximum absolute atomic E-state index is 11.7. The highest BCUT2D eigenvalue weighted by atomic mass is 35.5. The molecule has 0 saturated carbocycles. The van der Waals surface area contributed by atoms with Gasteiger partial charge in [0.2, 0.25) is 11.8 Å². The van der Waals surface area contributed by atoms with Crippen LogP contribution in [0.5, 0.6) is 0 Å². The summed E-state index contributed by atoms with van der Waals surface area (Å²) in [4.78, 5) is 15.7. The van der Waals surface area contributed by atoms with E-state index in [4.69, 9.17) is 20.8 Å². The van der Waals surface area contributed by atoms with E-state index < -0.39 is 0 Å². The molecule has 0 radical (unpaired) electrons. The fourth-order valence-electron chi connectivity index (χ4n) is 1.79. The van der Waals surface area contributed by atoms with E-state index in [1.54, 1.807) is 29.7 Å². The summed E-state index contributed by atoms with van der Waals surface area (Å²) in [6, 6.07) is 5.30. The molecule has 0 aliphatic heterocycles. The lowest BCUT2D eigenvalue weighted by Crippen LogP contribution is -2.06.